The van der Waals surface area contributed by atoms with Crippen molar-refractivity contribution in [2.24, 2.45) is 0 Å². The van der Waals surface area contributed by atoms with Crippen molar-refractivity contribution in [1.82, 2.24) is 20.7 Å². The van der Waals surface area contributed by atoms with Gasteiger partial charge in [0.15, 0.2) is 5.69 Å². The topological polar surface area (TPSA) is 90.9 Å². The molecule has 0 saturated heterocycles. The molecular formula is C8H14N4O2. The number of aliphatic hydroxyl groups is 1. The van der Waals surface area contributed by atoms with Crippen LogP contribution in [-0.4, -0.2) is 39.1 Å². The molecule has 0 radical (unpaired) electrons. The lowest BCUT2D eigenvalue weighted by Crippen LogP contribution is -2.25. The smallest absolute Gasteiger partial charge is 0.273 e. The zero-order valence-electron chi connectivity index (χ0n) is 8.03. The second-order valence-electron chi connectivity index (χ2n) is 3.10. The Morgan fingerprint density at radius 1 is 1.79 bits per heavy atom. The van der Waals surface area contributed by atoms with Gasteiger partial charge in [0.1, 0.15) is 0 Å². The normalized spacial score (nSPS) is 12.4. The van der Waals surface area contributed by atoms with Crippen LogP contribution >= 0.6 is 0 Å². The maximum absolute atomic E-state index is 11.3. The van der Waals surface area contributed by atoms with Crippen molar-refractivity contribution in [2.75, 3.05) is 6.54 Å². The standard InChI is InChI=1S/C8H14N4O2/c1-6(13)3-2-4-9-8(14)7-5-10-12-11-7/h5-6,13H,2-4H2,1H3,(H,9,14)(H,10,11,12). The number of carbonyl (C=O) groups is 1. The number of aromatic nitrogens is 3. The average Bonchev–Trinajstić information content (AvgIpc) is 2.64. The van der Waals surface area contributed by atoms with Crippen LogP contribution in [0.5, 0.6) is 0 Å². The van der Waals surface area contributed by atoms with E-state index in [0.717, 1.165) is 6.42 Å². The molecule has 6 nitrogen and oxygen atoms in total. The Morgan fingerprint density at radius 3 is 3.14 bits per heavy atom. The molecule has 1 rings (SSSR count). The minimum atomic E-state index is -0.320. The van der Waals surface area contributed by atoms with Gasteiger partial charge < -0.3 is 10.4 Å². The van der Waals surface area contributed by atoms with E-state index < -0.39 is 0 Å². The molecule has 0 bridgehead atoms. The first-order chi connectivity index (χ1) is 6.70. The second-order valence-corrected chi connectivity index (χ2v) is 3.10. The van der Waals surface area contributed by atoms with Gasteiger partial charge in [-0.25, -0.2) is 0 Å². The summed E-state index contributed by atoms with van der Waals surface area (Å²) >= 11 is 0. The zero-order chi connectivity index (χ0) is 10.4. The molecule has 0 aliphatic carbocycles. The fraction of sp³-hybridized carbons (Fsp3) is 0.625. The number of hydrogen-bond donors (Lipinski definition) is 3. The van der Waals surface area contributed by atoms with E-state index in [4.69, 9.17) is 5.11 Å². The number of H-pyrrole nitrogens is 1. The van der Waals surface area contributed by atoms with E-state index in [-0.39, 0.29) is 17.7 Å². The molecule has 3 N–H and O–H groups in total. The molecule has 78 valence electrons. The van der Waals surface area contributed by atoms with Gasteiger partial charge in [-0.3, -0.25) is 4.79 Å². The molecule has 0 aliphatic rings. The van der Waals surface area contributed by atoms with Gasteiger partial charge in [0, 0.05) is 6.54 Å². The number of nitrogens with one attached hydrogen (secondary N) is 2. The lowest BCUT2D eigenvalue weighted by Gasteiger charge is -2.04. The minimum absolute atomic E-state index is 0.246. The van der Waals surface area contributed by atoms with E-state index in [1.54, 1.807) is 6.92 Å². The molecule has 1 heterocycles. The first-order valence-corrected chi connectivity index (χ1v) is 4.52. The largest absolute Gasteiger partial charge is 0.393 e. The molecule has 1 aromatic heterocycles. The van der Waals surface area contributed by atoms with E-state index in [9.17, 15) is 4.79 Å². The molecule has 1 atom stereocenters. The van der Waals surface area contributed by atoms with Crippen molar-refractivity contribution in [3.8, 4) is 0 Å². The Morgan fingerprint density at radius 2 is 2.57 bits per heavy atom. The molecule has 0 aromatic carbocycles. The number of rotatable bonds is 5. The van der Waals surface area contributed by atoms with Crippen molar-refractivity contribution in [1.29, 1.82) is 0 Å². The van der Waals surface area contributed by atoms with Crippen LogP contribution < -0.4 is 5.32 Å². The van der Waals surface area contributed by atoms with Crippen molar-refractivity contribution in [3.63, 3.8) is 0 Å². The van der Waals surface area contributed by atoms with E-state index in [0.29, 0.717) is 13.0 Å². The van der Waals surface area contributed by atoms with Crippen molar-refractivity contribution < 1.29 is 9.90 Å². The van der Waals surface area contributed by atoms with Gasteiger partial charge in [0.2, 0.25) is 0 Å². The highest BCUT2D eigenvalue weighted by Gasteiger charge is 2.06. The number of amides is 1. The highest BCUT2D eigenvalue weighted by molar-refractivity contribution is 5.91. The van der Waals surface area contributed by atoms with E-state index in [2.05, 4.69) is 20.7 Å². The van der Waals surface area contributed by atoms with Crippen molar-refractivity contribution >= 4 is 5.91 Å². The number of aliphatic hydroxyl groups excluding tert-OH is 1. The molecule has 1 amide bonds. The van der Waals surface area contributed by atoms with Crippen molar-refractivity contribution in [3.05, 3.63) is 11.9 Å². The van der Waals surface area contributed by atoms with Crippen molar-refractivity contribution in [2.45, 2.75) is 25.9 Å². The molecule has 0 spiro atoms. The molecule has 0 aliphatic heterocycles. The molecular weight excluding hydrogens is 184 g/mol. The average molecular weight is 198 g/mol. The number of carbonyl (C=O) groups excluding carboxylic acids is 1. The summed E-state index contributed by atoms with van der Waals surface area (Å²) in [5.41, 5.74) is 0.280. The summed E-state index contributed by atoms with van der Waals surface area (Å²) in [5, 5.41) is 21.1. The third kappa shape index (κ3) is 3.53. The Hall–Kier alpha value is -1.43. The number of hydrogen-bond acceptors (Lipinski definition) is 4. The summed E-state index contributed by atoms with van der Waals surface area (Å²) in [6.07, 6.45) is 2.48. The second kappa shape index (κ2) is 5.33. The Balaban J connectivity index is 2.16. The predicted molar refractivity (Wildman–Crippen MR) is 49.6 cm³/mol. The quantitative estimate of drug-likeness (QED) is 0.566. The molecule has 0 saturated carbocycles. The Labute approximate surface area is 81.7 Å². The van der Waals surface area contributed by atoms with Crippen LogP contribution in [0.3, 0.4) is 0 Å². The molecule has 0 fully saturated rings. The Bertz CT molecular complexity index is 271. The van der Waals surface area contributed by atoms with Crippen LogP contribution in [-0.2, 0) is 0 Å². The van der Waals surface area contributed by atoms with E-state index >= 15 is 0 Å². The SMILES string of the molecule is CC(O)CCCNC(=O)c1cn[nH]n1. The summed E-state index contributed by atoms with van der Waals surface area (Å²) in [6.45, 7) is 2.26. The highest BCUT2D eigenvalue weighted by Crippen LogP contribution is 1.94. The van der Waals surface area contributed by atoms with Crippen LogP contribution in [0.4, 0.5) is 0 Å². The lowest BCUT2D eigenvalue weighted by atomic mass is 10.2. The highest BCUT2D eigenvalue weighted by atomic mass is 16.3. The fourth-order valence-corrected chi connectivity index (χ4v) is 1.00. The number of aromatic amines is 1. The maximum Gasteiger partial charge on any atom is 0.273 e. The summed E-state index contributed by atoms with van der Waals surface area (Å²) in [5.74, 6) is -0.246. The molecule has 14 heavy (non-hydrogen) atoms. The maximum atomic E-state index is 11.3. The van der Waals surface area contributed by atoms with Crippen LogP contribution in [0.2, 0.25) is 0 Å². The molecule has 1 unspecified atom stereocenters. The first-order valence-electron chi connectivity index (χ1n) is 4.52. The monoisotopic (exact) mass is 198 g/mol. The fourth-order valence-electron chi connectivity index (χ4n) is 1.00. The van der Waals surface area contributed by atoms with Gasteiger partial charge in [0.05, 0.1) is 12.3 Å². The third-order valence-electron chi connectivity index (χ3n) is 1.73. The summed E-state index contributed by atoms with van der Waals surface area (Å²) in [6, 6.07) is 0. The lowest BCUT2D eigenvalue weighted by molar-refractivity contribution is 0.0944. The van der Waals surface area contributed by atoms with E-state index in [1.165, 1.54) is 6.20 Å². The van der Waals surface area contributed by atoms with Crippen LogP contribution in [0.15, 0.2) is 6.20 Å². The summed E-state index contributed by atoms with van der Waals surface area (Å²) in [4.78, 5) is 11.3. The number of nitrogens with zero attached hydrogens (tertiary/aromatic N) is 2. The van der Waals surface area contributed by atoms with Gasteiger partial charge in [-0.2, -0.15) is 15.4 Å². The first kappa shape index (κ1) is 10.6. The summed E-state index contributed by atoms with van der Waals surface area (Å²) < 4.78 is 0. The van der Waals surface area contributed by atoms with Gasteiger partial charge >= 0.3 is 0 Å². The van der Waals surface area contributed by atoms with Gasteiger partial charge in [-0.05, 0) is 19.8 Å². The third-order valence-corrected chi connectivity index (χ3v) is 1.73. The van der Waals surface area contributed by atoms with Crippen LogP contribution in [0, 0.1) is 0 Å². The van der Waals surface area contributed by atoms with Gasteiger partial charge in [0.25, 0.3) is 5.91 Å². The summed E-state index contributed by atoms with van der Waals surface area (Å²) in [7, 11) is 0. The van der Waals surface area contributed by atoms with Crippen LogP contribution in [0.1, 0.15) is 30.3 Å². The minimum Gasteiger partial charge on any atom is -0.393 e. The van der Waals surface area contributed by atoms with Crippen LogP contribution in [0.25, 0.3) is 0 Å². The molecule has 1 aromatic rings. The van der Waals surface area contributed by atoms with Gasteiger partial charge in [-0.15, -0.1) is 0 Å². The molecule has 6 heteroatoms. The predicted octanol–water partition coefficient (Wildman–Crippen LogP) is -0.305. The zero-order valence-corrected chi connectivity index (χ0v) is 8.03. The van der Waals surface area contributed by atoms with E-state index in [1.807, 2.05) is 0 Å². The Kier molecular flexibility index (Phi) is 4.06. The van der Waals surface area contributed by atoms with Gasteiger partial charge in [-0.1, -0.05) is 0 Å².